The van der Waals surface area contributed by atoms with Crippen LogP contribution in [0.3, 0.4) is 0 Å². The summed E-state index contributed by atoms with van der Waals surface area (Å²) in [6.07, 6.45) is 1.43. The Hall–Kier alpha value is -3.08. The average molecular weight is 364 g/mol. The molecule has 0 aliphatic carbocycles. The molecule has 2 amide bonds. The fourth-order valence-corrected chi connectivity index (χ4v) is 3.16. The molecule has 0 aliphatic heterocycles. The predicted molar refractivity (Wildman–Crippen MR) is 105 cm³/mol. The fraction of sp³-hybridized carbons (Fsp3) is 0.273. The minimum absolute atomic E-state index is 0.0661. The summed E-state index contributed by atoms with van der Waals surface area (Å²) in [5.41, 5.74) is 1.04. The first-order valence-corrected chi connectivity index (χ1v) is 9.09. The molecule has 2 N–H and O–H groups in total. The lowest BCUT2D eigenvalue weighted by Gasteiger charge is -2.24. The van der Waals surface area contributed by atoms with Crippen molar-refractivity contribution in [3.05, 3.63) is 72.2 Å². The highest BCUT2D eigenvalue weighted by molar-refractivity contribution is 5.96. The molecule has 1 aromatic heterocycles. The van der Waals surface area contributed by atoms with E-state index in [0.717, 1.165) is 16.3 Å². The Morgan fingerprint density at radius 3 is 2.33 bits per heavy atom. The first-order chi connectivity index (χ1) is 13.0. The zero-order valence-corrected chi connectivity index (χ0v) is 15.7. The highest BCUT2D eigenvalue weighted by Gasteiger charge is 2.27. The Kier molecular flexibility index (Phi) is 5.60. The summed E-state index contributed by atoms with van der Waals surface area (Å²) in [6, 6.07) is 16.5. The summed E-state index contributed by atoms with van der Waals surface area (Å²) >= 11 is 0. The van der Waals surface area contributed by atoms with Crippen molar-refractivity contribution in [2.24, 2.45) is 5.92 Å². The maximum absolute atomic E-state index is 12.9. The summed E-state index contributed by atoms with van der Waals surface area (Å²) in [6.45, 7) is 5.75. The molecule has 0 bridgehead atoms. The number of hydrogen-bond acceptors (Lipinski definition) is 3. The Morgan fingerprint density at radius 1 is 0.889 bits per heavy atom. The van der Waals surface area contributed by atoms with E-state index >= 15 is 0 Å². The molecule has 2 atom stereocenters. The van der Waals surface area contributed by atoms with Gasteiger partial charge in [-0.15, -0.1) is 0 Å². The third-order valence-electron chi connectivity index (χ3n) is 4.63. The maximum atomic E-state index is 12.9. The van der Waals surface area contributed by atoms with Gasteiger partial charge in [0.05, 0.1) is 12.3 Å². The number of furan rings is 1. The molecule has 2 aromatic carbocycles. The fourth-order valence-electron chi connectivity index (χ4n) is 3.16. The van der Waals surface area contributed by atoms with E-state index in [-0.39, 0.29) is 23.6 Å². The molecule has 0 radical (unpaired) electrons. The van der Waals surface area contributed by atoms with Crippen molar-refractivity contribution in [3.8, 4) is 0 Å². The molecule has 0 aliphatic rings. The third-order valence-corrected chi connectivity index (χ3v) is 4.63. The van der Waals surface area contributed by atoms with Gasteiger partial charge in [0.2, 0.25) is 5.91 Å². The Bertz CT molecular complexity index is 926. The molecule has 0 fully saturated rings. The lowest BCUT2D eigenvalue weighted by molar-refractivity contribution is -0.124. The van der Waals surface area contributed by atoms with E-state index in [1.165, 1.54) is 6.26 Å². The molecule has 0 saturated heterocycles. The van der Waals surface area contributed by atoms with Crippen LogP contribution < -0.4 is 10.6 Å². The normalized spacial score (nSPS) is 13.3. The monoisotopic (exact) mass is 364 g/mol. The number of carbonyl (C=O) groups is 2. The van der Waals surface area contributed by atoms with Crippen molar-refractivity contribution in [3.63, 3.8) is 0 Å². The van der Waals surface area contributed by atoms with Crippen molar-refractivity contribution in [1.29, 1.82) is 0 Å². The molecule has 0 saturated carbocycles. The molecular formula is C22H24N2O3. The zero-order chi connectivity index (χ0) is 19.4. The minimum Gasteiger partial charge on any atom is -0.459 e. The van der Waals surface area contributed by atoms with Crippen molar-refractivity contribution in [2.75, 3.05) is 0 Å². The molecule has 27 heavy (non-hydrogen) atoms. The van der Waals surface area contributed by atoms with Gasteiger partial charge in [-0.25, -0.2) is 0 Å². The summed E-state index contributed by atoms with van der Waals surface area (Å²) in [7, 11) is 0. The molecule has 5 heteroatoms. The Balaban J connectivity index is 1.76. The van der Waals surface area contributed by atoms with Crippen LogP contribution in [0.15, 0.2) is 65.3 Å². The van der Waals surface area contributed by atoms with Crippen molar-refractivity contribution < 1.29 is 14.0 Å². The van der Waals surface area contributed by atoms with Crippen LogP contribution in [0.25, 0.3) is 10.8 Å². The topological polar surface area (TPSA) is 71.3 Å². The quantitative estimate of drug-likeness (QED) is 0.693. The van der Waals surface area contributed by atoms with Gasteiger partial charge in [0.1, 0.15) is 6.04 Å². The van der Waals surface area contributed by atoms with Gasteiger partial charge >= 0.3 is 0 Å². The SMILES string of the molecule is CC(NC(=O)C(NC(=O)c1ccco1)C(C)C)c1cccc2ccccc12. The molecule has 3 aromatic rings. The van der Waals surface area contributed by atoms with Crippen LogP contribution in [-0.4, -0.2) is 17.9 Å². The van der Waals surface area contributed by atoms with E-state index in [2.05, 4.69) is 10.6 Å². The third kappa shape index (κ3) is 4.19. The second-order valence-corrected chi connectivity index (χ2v) is 6.97. The molecule has 5 nitrogen and oxygen atoms in total. The van der Waals surface area contributed by atoms with Gasteiger partial charge < -0.3 is 15.1 Å². The Morgan fingerprint density at radius 2 is 1.63 bits per heavy atom. The molecule has 1 heterocycles. The summed E-state index contributed by atoms with van der Waals surface area (Å²) in [5, 5.41) is 8.04. The van der Waals surface area contributed by atoms with Gasteiger partial charge in [-0.2, -0.15) is 0 Å². The van der Waals surface area contributed by atoms with E-state index in [9.17, 15) is 9.59 Å². The van der Waals surface area contributed by atoms with Gasteiger partial charge in [-0.3, -0.25) is 9.59 Å². The van der Waals surface area contributed by atoms with Crippen molar-refractivity contribution in [1.82, 2.24) is 10.6 Å². The number of benzene rings is 2. The molecule has 0 spiro atoms. The highest BCUT2D eigenvalue weighted by atomic mass is 16.3. The molecule has 140 valence electrons. The van der Waals surface area contributed by atoms with E-state index in [1.54, 1.807) is 12.1 Å². The van der Waals surface area contributed by atoms with Gasteiger partial charge in [-0.05, 0) is 41.3 Å². The number of carbonyl (C=O) groups excluding carboxylic acids is 2. The molecule has 3 rings (SSSR count). The lowest BCUT2D eigenvalue weighted by Crippen LogP contribution is -2.50. The van der Waals surface area contributed by atoms with Crippen molar-refractivity contribution in [2.45, 2.75) is 32.9 Å². The Labute approximate surface area is 158 Å². The van der Waals surface area contributed by atoms with Crippen LogP contribution in [-0.2, 0) is 4.79 Å². The molecular weight excluding hydrogens is 340 g/mol. The van der Waals surface area contributed by atoms with Crippen LogP contribution in [0, 0.1) is 5.92 Å². The molecule has 2 unspecified atom stereocenters. The van der Waals surface area contributed by atoms with Gasteiger partial charge in [0, 0.05) is 0 Å². The summed E-state index contributed by atoms with van der Waals surface area (Å²) in [4.78, 5) is 25.1. The number of fused-ring (bicyclic) bond motifs is 1. The minimum atomic E-state index is -0.653. The lowest BCUT2D eigenvalue weighted by atomic mass is 9.98. The van der Waals surface area contributed by atoms with Crippen molar-refractivity contribution >= 4 is 22.6 Å². The van der Waals surface area contributed by atoms with E-state index < -0.39 is 11.9 Å². The van der Waals surface area contributed by atoms with E-state index in [0.29, 0.717) is 0 Å². The van der Waals surface area contributed by atoms with Crippen LogP contribution >= 0.6 is 0 Å². The summed E-state index contributed by atoms with van der Waals surface area (Å²) < 4.78 is 5.11. The first-order valence-electron chi connectivity index (χ1n) is 9.09. The van der Waals surface area contributed by atoms with Crippen LogP contribution in [0.1, 0.15) is 42.9 Å². The number of hydrogen-bond donors (Lipinski definition) is 2. The average Bonchev–Trinajstić information content (AvgIpc) is 3.20. The number of rotatable bonds is 6. The number of nitrogens with one attached hydrogen (secondary N) is 2. The van der Waals surface area contributed by atoms with Gasteiger partial charge in [0.15, 0.2) is 5.76 Å². The highest BCUT2D eigenvalue weighted by Crippen LogP contribution is 2.24. The number of amides is 2. The maximum Gasteiger partial charge on any atom is 0.287 e. The van der Waals surface area contributed by atoms with Gasteiger partial charge in [-0.1, -0.05) is 56.3 Å². The largest absolute Gasteiger partial charge is 0.459 e. The second-order valence-electron chi connectivity index (χ2n) is 6.97. The van der Waals surface area contributed by atoms with Crippen LogP contribution in [0.5, 0.6) is 0 Å². The second kappa shape index (κ2) is 8.08. The summed E-state index contributed by atoms with van der Waals surface area (Å²) in [5.74, 6) is -0.490. The standard InChI is InChI=1S/C22H24N2O3/c1-14(2)20(24-21(25)19-12-7-13-27-19)22(26)23-15(3)17-11-6-9-16-8-4-5-10-18(16)17/h4-15,20H,1-3H3,(H,23,26)(H,24,25). The smallest absolute Gasteiger partial charge is 0.287 e. The van der Waals surface area contributed by atoms with E-state index in [4.69, 9.17) is 4.42 Å². The zero-order valence-electron chi connectivity index (χ0n) is 15.7. The van der Waals surface area contributed by atoms with Gasteiger partial charge in [0.25, 0.3) is 5.91 Å². The first kappa shape index (κ1) is 18.7. The predicted octanol–water partition coefficient (Wildman–Crippen LogP) is 4.06. The van der Waals surface area contributed by atoms with Crippen LogP contribution in [0.4, 0.5) is 0 Å². The van der Waals surface area contributed by atoms with Crippen LogP contribution in [0.2, 0.25) is 0 Å². The van der Waals surface area contributed by atoms with E-state index in [1.807, 2.05) is 63.2 Å².